The molecule has 8 amide bonds. The van der Waals surface area contributed by atoms with Gasteiger partial charge in [0.25, 0.3) is 18.2 Å². The number of phenols is 1. The van der Waals surface area contributed by atoms with Gasteiger partial charge >= 0.3 is 29.6 Å². The van der Waals surface area contributed by atoms with Gasteiger partial charge in [-0.1, -0.05) is 72.9 Å². The predicted molar refractivity (Wildman–Crippen MR) is 331 cm³/mol. The monoisotopic (exact) mass is 1380 g/mol. The van der Waals surface area contributed by atoms with Gasteiger partial charge in [-0.25, -0.2) is 0 Å². The van der Waals surface area contributed by atoms with E-state index in [1.54, 1.807) is 19.2 Å². The minimum absolute atomic E-state index is 0. The minimum Gasteiger partial charge on any atom is -0.691 e. The average molecular weight is 1390 g/mol. The molecule has 3 aliphatic heterocycles. The number of aromatic hydroxyl groups is 1. The zero-order chi connectivity index (χ0) is 68.8. The van der Waals surface area contributed by atoms with Crippen LogP contribution in [0.15, 0.2) is 91.0 Å². The van der Waals surface area contributed by atoms with Gasteiger partial charge in [0.2, 0.25) is 41.4 Å². The SMILES string of the molecule is COCCCCOc1ccc(-c2ccc(-c3nnc(-c4ccc(C(=O)N[C@H]5CC(O)CNC(=O)C6C(O)C(C)CN6C(=O)C(C(O)CC(N)=O)NC(=O)C(C(O)C(O)c6ccc(O)c(OSOO[O-])c6)NC(=O)C6CC(O)CN6C(=O)C(C(C)O)NC5=O)cc4)s3)cc2)cc1.[Na+]. The summed E-state index contributed by atoms with van der Waals surface area (Å²) in [6.45, 7) is 1.91. The molecule has 32 nitrogen and oxygen atoms in total. The van der Waals surface area contributed by atoms with E-state index in [4.69, 9.17) is 19.4 Å². The fraction of sp³-hybridized carbons (Fsp3) is 0.443. The standard InChI is InChI=1S/C61H74N10O22S2.Na/c1-29-27-71-49(50(29)78)57(85)63-26-37(73)23-40(64-53(81)33-8-12-35(13-9-33)59-69-68-58(94-59)34-10-6-31(7-11-34)32-14-17-39(18-15-32)90-21-5-4-20-89-3)54(82)65-46(30(2)72)60(86)70-28-38(74)24-41(70)55(83)67-48(56(84)66-47(61(71)87)43(76)25-45(62)77)52(80)51(79)36-16-19-42(75)44(22-36)91-95-93-92-88;/h6-19,22,29-30,37-38,40-41,43,46-52,72-76,78-80,88H,4-5,20-21,23-28H2,1-3H3,(H2,62,77)(H,63,85)(H,64,81)(H,65,82)(H,66,84)(H,67,83);/q;+1/p-1/t29?,30?,37?,38?,40-,41?,43?,46?,47?,48?,49?,50?,51?,52?;/m0./s1. The molecular formula is C61H73N10NaO22S2. The molecule has 4 heterocycles. The number of fused-ring (bicyclic) bond motifs is 2. The Morgan fingerprint density at radius 1 is 0.750 bits per heavy atom. The second kappa shape index (κ2) is 35.1. The summed E-state index contributed by atoms with van der Waals surface area (Å²) in [4.78, 5) is 115. The topological polar surface area (TPSA) is 486 Å². The van der Waals surface area contributed by atoms with Crippen molar-refractivity contribution in [2.45, 2.75) is 125 Å². The van der Waals surface area contributed by atoms with Gasteiger partial charge in [0.1, 0.15) is 64.2 Å². The number of amides is 8. The number of aromatic nitrogens is 2. The van der Waals surface area contributed by atoms with E-state index in [2.05, 4.69) is 46.2 Å². The Morgan fingerprint density at radius 3 is 1.97 bits per heavy atom. The van der Waals surface area contributed by atoms with E-state index in [9.17, 15) is 84.5 Å². The molecule has 0 spiro atoms. The predicted octanol–water partition coefficient (Wildman–Crippen LogP) is -5.47. The van der Waals surface area contributed by atoms with Crippen molar-refractivity contribution in [3.63, 3.8) is 0 Å². The summed E-state index contributed by atoms with van der Waals surface area (Å²) in [6.07, 6.45) is -14.5. The van der Waals surface area contributed by atoms with E-state index in [1.165, 1.54) is 30.4 Å². The number of methoxy groups -OCH3 is 1. The molecule has 0 aliphatic carbocycles. The first kappa shape index (κ1) is 75.9. The number of hydrogen-bond acceptors (Lipinski definition) is 26. The Balaban J connectivity index is 0.0000130. The van der Waals surface area contributed by atoms with Crippen LogP contribution in [0.4, 0.5) is 0 Å². The van der Waals surface area contributed by atoms with E-state index in [0.717, 1.165) is 70.2 Å². The van der Waals surface area contributed by atoms with Gasteiger partial charge in [-0.2, -0.15) is 0 Å². The molecule has 5 aromatic rings. The number of unbranched alkanes of at least 4 members (excludes halogenated alkanes) is 1. The van der Waals surface area contributed by atoms with Crippen LogP contribution in [-0.2, 0) is 47.7 Å². The molecule has 1 aromatic heterocycles. The maximum atomic E-state index is 14.7. The van der Waals surface area contributed by atoms with Gasteiger partial charge in [0, 0.05) is 68.8 Å². The number of primary amides is 1. The van der Waals surface area contributed by atoms with Gasteiger partial charge in [0.05, 0.1) is 43.5 Å². The van der Waals surface area contributed by atoms with Crippen LogP contribution in [0.25, 0.3) is 32.3 Å². The molecule has 96 heavy (non-hydrogen) atoms. The van der Waals surface area contributed by atoms with Crippen LogP contribution in [0.1, 0.15) is 68.0 Å². The summed E-state index contributed by atoms with van der Waals surface area (Å²) in [5.41, 5.74) is 8.30. The molecule has 4 aromatic carbocycles. The Kier molecular flexibility index (Phi) is 27.8. The van der Waals surface area contributed by atoms with E-state index >= 15 is 0 Å². The number of aliphatic hydroxyl groups is 7. The first-order chi connectivity index (χ1) is 45.4. The number of aliphatic hydroxyl groups excluding tert-OH is 7. The zero-order valence-corrected chi connectivity index (χ0v) is 55.9. The molecule has 15 N–H and O–H groups in total. The minimum atomic E-state index is -2.54. The molecule has 8 rings (SSSR count). The molecule has 3 fully saturated rings. The summed E-state index contributed by atoms with van der Waals surface area (Å²) in [7, 11) is 1.66. The third-order valence-corrected chi connectivity index (χ3v) is 17.5. The average Bonchev–Trinajstić information content (AvgIpc) is 1.60. The largest absolute Gasteiger partial charge is 1.00 e. The summed E-state index contributed by atoms with van der Waals surface area (Å²) >= 11 is 1.19. The first-order valence-electron chi connectivity index (χ1n) is 29.9. The molecule has 0 bridgehead atoms. The fourth-order valence-electron chi connectivity index (χ4n) is 11.0. The van der Waals surface area contributed by atoms with Gasteiger partial charge < -0.3 is 102 Å². The number of carbonyl (C=O) groups excluding carboxylic acids is 8. The van der Waals surface area contributed by atoms with Crippen molar-refractivity contribution >= 4 is 70.9 Å². The van der Waals surface area contributed by atoms with Crippen molar-refractivity contribution in [1.29, 1.82) is 0 Å². The van der Waals surface area contributed by atoms with E-state index in [1.807, 2.05) is 48.5 Å². The molecule has 3 saturated heterocycles. The van der Waals surface area contributed by atoms with Crippen LogP contribution in [-0.4, -0.2) is 221 Å². The van der Waals surface area contributed by atoms with Crippen LogP contribution < -0.4 is 76.1 Å². The quantitative estimate of drug-likeness (QED) is 0.0101. The number of hydrogen-bond donors (Lipinski definition) is 14. The van der Waals surface area contributed by atoms with E-state index in [-0.39, 0.29) is 53.0 Å². The Morgan fingerprint density at radius 2 is 1.34 bits per heavy atom. The molecule has 3 aliphatic rings. The Labute approximate surface area is 579 Å². The van der Waals surface area contributed by atoms with Crippen LogP contribution in [0.5, 0.6) is 17.2 Å². The summed E-state index contributed by atoms with van der Waals surface area (Å²) in [5, 5.41) is 125. The van der Waals surface area contributed by atoms with Crippen molar-refractivity contribution in [2.24, 2.45) is 11.7 Å². The molecule has 0 saturated carbocycles. The molecule has 14 atom stereocenters. The van der Waals surface area contributed by atoms with Crippen molar-refractivity contribution in [1.82, 2.24) is 46.6 Å². The van der Waals surface area contributed by atoms with Gasteiger partial charge in [0.15, 0.2) is 11.5 Å². The second-order valence-electron chi connectivity index (χ2n) is 23.0. The van der Waals surface area contributed by atoms with Crippen molar-refractivity contribution in [3.05, 3.63) is 102 Å². The van der Waals surface area contributed by atoms with Crippen molar-refractivity contribution in [2.75, 3.05) is 40.0 Å². The Bertz CT molecular complexity index is 3510. The van der Waals surface area contributed by atoms with Crippen molar-refractivity contribution < 1.29 is 137 Å². The number of benzene rings is 4. The normalized spacial score (nSPS) is 24.3. The third-order valence-electron chi connectivity index (χ3n) is 16.1. The molecular weight excluding hydrogens is 1310 g/mol. The van der Waals surface area contributed by atoms with E-state index in [0.29, 0.717) is 28.8 Å². The molecule has 512 valence electrons. The smallest absolute Gasteiger partial charge is 0.691 e. The number of carbonyl (C=O) groups is 8. The number of nitrogens with zero attached hydrogens (tertiary/aromatic N) is 4. The summed E-state index contributed by atoms with van der Waals surface area (Å²) in [5.74, 6) is -11.3. The number of ether oxygens (including phenoxy) is 2. The third kappa shape index (κ3) is 19.2. The Hall–Kier alpha value is -7.49. The maximum absolute atomic E-state index is 14.7. The van der Waals surface area contributed by atoms with Gasteiger partial charge in [-0.15, -0.1) is 14.5 Å². The second-order valence-corrected chi connectivity index (χ2v) is 24.4. The summed E-state index contributed by atoms with van der Waals surface area (Å²) in [6, 6.07) is 12.0. The number of nitrogens with one attached hydrogen (secondary N) is 5. The molecule has 13 unspecified atom stereocenters. The van der Waals surface area contributed by atoms with Crippen LogP contribution >= 0.6 is 23.7 Å². The fourth-order valence-corrected chi connectivity index (χ4v) is 12.1. The molecule has 0 radical (unpaired) electrons. The number of nitrogens with two attached hydrogens (primary N) is 1. The van der Waals surface area contributed by atoms with Crippen LogP contribution in [0.3, 0.4) is 0 Å². The van der Waals surface area contributed by atoms with Crippen molar-refractivity contribution in [3.8, 4) is 49.5 Å². The zero-order valence-electron chi connectivity index (χ0n) is 52.3. The van der Waals surface area contributed by atoms with Gasteiger partial charge in [-0.3, -0.25) is 43.4 Å². The molecule has 35 heteroatoms. The number of β-amino-alcohol motifs (C(OH)–C–C–N with tert-alkyl or cyclic N) is 1. The maximum Gasteiger partial charge on any atom is 1.00 e. The first-order valence-corrected chi connectivity index (χ1v) is 31.4. The number of phenolic OH excluding ortho intramolecular Hbond substituents is 1. The number of rotatable bonds is 22. The van der Waals surface area contributed by atoms with Gasteiger partial charge in [-0.05, 0) is 72.9 Å². The van der Waals surface area contributed by atoms with Crippen LogP contribution in [0, 0.1) is 5.92 Å². The summed E-state index contributed by atoms with van der Waals surface area (Å²) < 4.78 is 20.0. The van der Waals surface area contributed by atoms with Crippen LogP contribution in [0.2, 0.25) is 0 Å². The van der Waals surface area contributed by atoms with E-state index < -0.39 is 183 Å².